The van der Waals surface area contributed by atoms with E-state index in [2.05, 4.69) is 17.9 Å². The Morgan fingerprint density at radius 3 is 3.17 bits per heavy atom. The van der Waals surface area contributed by atoms with E-state index in [4.69, 9.17) is 6.42 Å². The molecule has 0 atom stereocenters. The van der Waals surface area contributed by atoms with Crippen molar-refractivity contribution in [2.24, 2.45) is 0 Å². The molecule has 0 amide bonds. The summed E-state index contributed by atoms with van der Waals surface area (Å²) in [6.45, 7) is 2.69. The number of aryl methyl sites for hydroxylation is 1. The van der Waals surface area contributed by atoms with Crippen LogP contribution in [0.2, 0.25) is 0 Å². The minimum absolute atomic E-state index is 0.621. The fraction of sp³-hybridized carbons (Fsp3) is 0.500. The summed E-state index contributed by atoms with van der Waals surface area (Å²) < 4.78 is 1.97. The fourth-order valence-corrected chi connectivity index (χ4v) is 1.92. The average Bonchev–Trinajstić information content (AvgIpc) is 2.58. The normalized spacial score (nSPS) is 14.3. The van der Waals surface area contributed by atoms with Gasteiger partial charge in [-0.25, -0.2) is 0 Å². The zero-order valence-electron chi connectivity index (χ0n) is 7.30. The third-order valence-electron chi connectivity index (χ3n) is 2.45. The summed E-state index contributed by atoms with van der Waals surface area (Å²) in [5, 5.41) is 4.40. The highest BCUT2D eigenvalue weighted by molar-refractivity contribution is 5.30. The van der Waals surface area contributed by atoms with E-state index >= 15 is 0 Å². The van der Waals surface area contributed by atoms with Gasteiger partial charge in [0, 0.05) is 5.69 Å². The number of aromatic nitrogens is 2. The van der Waals surface area contributed by atoms with Crippen molar-refractivity contribution < 1.29 is 0 Å². The molecular formula is C10H12N2. The molecule has 0 aliphatic heterocycles. The number of fused-ring (bicyclic) bond motifs is 1. The quantitative estimate of drug-likeness (QED) is 0.566. The van der Waals surface area contributed by atoms with Crippen molar-refractivity contribution in [2.45, 2.75) is 32.7 Å². The van der Waals surface area contributed by atoms with Gasteiger partial charge in [0.05, 0.1) is 5.69 Å². The molecule has 12 heavy (non-hydrogen) atoms. The molecule has 2 rings (SSSR count). The van der Waals surface area contributed by atoms with Gasteiger partial charge in [-0.1, -0.05) is 5.92 Å². The highest BCUT2D eigenvalue weighted by atomic mass is 15.3. The molecule has 1 aliphatic rings. The first kappa shape index (κ1) is 7.42. The standard InChI is InChI=1S/C10H12N2/c1-3-7-12-10-6-4-5-9(10)8(2)11-12/h1H,4-7H2,2H3. The molecule has 0 saturated heterocycles. The van der Waals surface area contributed by atoms with Gasteiger partial charge >= 0.3 is 0 Å². The van der Waals surface area contributed by atoms with Gasteiger partial charge in [-0.2, -0.15) is 5.10 Å². The maximum absolute atomic E-state index is 5.25. The van der Waals surface area contributed by atoms with Crippen LogP contribution >= 0.6 is 0 Å². The number of terminal acetylenes is 1. The predicted octanol–water partition coefficient (Wildman–Crippen LogP) is 1.31. The van der Waals surface area contributed by atoms with E-state index < -0.39 is 0 Å². The molecular weight excluding hydrogens is 148 g/mol. The molecule has 0 unspecified atom stereocenters. The largest absolute Gasteiger partial charge is 0.257 e. The number of rotatable bonds is 1. The van der Waals surface area contributed by atoms with Crippen LogP contribution in [0.1, 0.15) is 23.4 Å². The lowest BCUT2D eigenvalue weighted by Crippen LogP contribution is -2.02. The Labute approximate surface area is 72.6 Å². The van der Waals surface area contributed by atoms with E-state index in [1.807, 2.05) is 4.68 Å². The summed E-state index contributed by atoms with van der Waals surface area (Å²) in [5.74, 6) is 2.63. The molecule has 0 saturated carbocycles. The third kappa shape index (κ3) is 0.937. The van der Waals surface area contributed by atoms with Crippen molar-refractivity contribution in [1.29, 1.82) is 0 Å². The molecule has 0 bridgehead atoms. The molecule has 1 aliphatic carbocycles. The van der Waals surface area contributed by atoms with Crippen molar-refractivity contribution in [1.82, 2.24) is 9.78 Å². The van der Waals surface area contributed by atoms with E-state index in [9.17, 15) is 0 Å². The van der Waals surface area contributed by atoms with Crippen LogP contribution in [-0.4, -0.2) is 9.78 Å². The van der Waals surface area contributed by atoms with Crippen molar-refractivity contribution >= 4 is 0 Å². The van der Waals surface area contributed by atoms with Crippen molar-refractivity contribution in [2.75, 3.05) is 0 Å². The van der Waals surface area contributed by atoms with Gasteiger partial charge in [0.25, 0.3) is 0 Å². The summed E-state index contributed by atoms with van der Waals surface area (Å²) in [7, 11) is 0. The van der Waals surface area contributed by atoms with Crippen LogP contribution in [0.15, 0.2) is 0 Å². The Balaban J connectivity index is 2.45. The highest BCUT2D eigenvalue weighted by Crippen LogP contribution is 2.24. The topological polar surface area (TPSA) is 17.8 Å². The summed E-state index contributed by atoms with van der Waals surface area (Å²) >= 11 is 0. The SMILES string of the molecule is C#CCn1nc(C)c2c1CCC2. The Morgan fingerprint density at radius 2 is 2.42 bits per heavy atom. The number of nitrogens with zero attached hydrogens (tertiary/aromatic N) is 2. The lowest BCUT2D eigenvalue weighted by Gasteiger charge is -1.98. The molecule has 0 spiro atoms. The van der Waals surface area contributed by atoms with Gasteiger partial charge in [-0.3, -0.25) is 4.68 Å². The Bertz CT molecular complexity index is 341. The van der Waals surface area contributed by atoms with Crippen molar-refractivity contribution in [3.8, 4) is 12.3 Å². The Morgan fingerprint density at radius 1 is 1.58 bits per heavy atom. The Kier molecular flexibility index (Phi) is 1.65. The minimum atomic E-state index is 0.621. The van der Waals surface area contributed by atoms with E-state index in [-0.39, 0.29) is 0 Å². The van der Waals surface area contributed by atoms with Gasteiger partial charge in [-0.05, 0) is 31.7 Å². The van der Waals surface area contributed by atoms with Gasteiger partial charge in [0.15, 0.2) is 0 Å². The second kappa shape index (κ2) is 2.67. The minimum Gasteiger partial charge on any atom is -0.257 e. The molecule has 0 N–H and O–H groups in total. The highest BCUT2D eigenvalue weighted by Gasteiger charge is 2.19. The molecule has 0 aromatic carbocycles. The van der Waals surface area contributed by atoms with E-state index in [1.165, 1.54) is 24.1 Å². The van der Waals surface area contributed by atoms with Crippen LogP contribution in [0.25, 0.3) is 0 Å². The molecule has 0 fully saturated rings. The van der Waals surface area contributed by atoms with Crippen LogP contribution in [-0.2, 0) is 19.4 Å². The zero-order valence-corrected chi connectivity index (χ0v) is 7.30. The predicted molar refractivity (Wildman–Crippen MR) is 47.8 cm³/mol. The maximum atomic E-state index is 5.25. The summed E-state index contributed by atoms with van der Waals surface area (Å²) in [4.78, 5) is 0. The van der Waals surface area contributed by atoms with Gasteiger partial charge < -0.3 is 0 Å². The molecule has 1 aromatic rings. The van der Waals surface area contributed by atoms with Gasteiger partial charge in [-0.15, -0.1) is 6.42 Å². The lowest BCUT2D eigenvalue weighted by molar-refractivity contribution is 0.659. The Hall–Kier alpha value is -1.23. The summed E-state index contributed by atoms with van der Waals surface area (Å²) in [6.07, 6.45) is 8.85. The smallest absolute Gasteiger partial charge is 0.102 e. The summed E-state index contributed by atoms with van der Waals surface area (Å²) in [5.41, 5.74) is 3.97. The molecule has 1 aromatic heterocycles. The number of hydrogen-bond acceptors (Lipinski definition) is 1. The zero-order chi connectivity index (χ0) is 8.55. The van der Waals surface area contributed by atoms with Crippen LogP contribution < -0.4 is 0 Å². The maximum Gasteiger partial charge on any atom is 0.102 e. The molecule has 1 heterocycles. The molecule has 0 radical (unpaired) electrons. The molecule has 62 valence electrons. The van der Waals surface area contributed by atoms with Gasteiger partial charge in [0.1, 0.15) is 6.54 Å². The first-order valence-corrected chi connectivity index (χ1v) is 4.31. The first-order chi connectivity index (χ1) is 5.83. The van der Waals surface area contributed by atoms with Gasteiger partial charge in [0.2, 0.25) is 0 Å². The lowest BCUT2D eigenvalue weighted by atomic mass is 10.2. The second-order valence-corrected chi connectivity index (χ2v) is 3.23. The van der Waals surface area contributed by atoms with E-state index in [1.54, 1.807) is 0 Å². The fourth-order valence-electron chi connectivity index (χ4n) is 1.92. The van der Waals surface area contributed by atoms with E-state index in [0.29, 0.717) is 6.54 Å². The number of hydrogen-bond donors (Lipinski definition) is 0. The summed E-state index contributed by atoms with van der Waals surface area (Å²) in [6, 6.07) is 0. The first-order valence-electron chi connectivity index (χ1n) is 4.31. The average molecular weight is 160 g/mol. The van der Waals surface area contributed by atoms with E-state index in [0.717, 1.165) is 12.1 Å². The monoisotopic (exact) mass is 160 g/mol. The van der Waals surface area contributed by atoms with Crippen LogP contribution in [0.3, 0.4) is 0 Å². The van der Waals surface area contributed by atoms with Crippen LogP contribution in [0, 0.1) is 19.3 Å². The second-order valence-electron chi connectivity index (χ2n) is 3.23. The van der Waals surface area contributed by atoms with Crippen LogP contribution in [0.4, 0.5) is 0 Å². The van der Waals surface area contributed by atoms with Crippen molar-refractivity contribution in [3.05, 3.63) is 17.0 Å². The third-order valence-corrected chi connectivity index (χ3v) is 2.45. The molecule has 2 heteroatoms. The van der Waals surface area contributed by atoms with Crippen molar-refractivity contribution in [3.63, 3.8) is 0 Å². The molecule has 2 nitrogen and oxygen atoms in total. The van der Waals surface area contributed by atoms with Crippen LogP contribution in [0.5, 0.6) is 0 Å².